The number of carboxylic acid groups (broad SMARTS) is 1. The molecule has 3 aromatic rings. The van der Waals surface area contributed by atoms with Gasteiger partial charge in [-0.2, -0.15) is 5.10 Å². The lowest BCUT2D eigenvalue weighted by molar-refractivity contribution is 0.0690. The van der Waals surface area contributed by atoms with Crippen molar-refractivity contribution in [1.82, 2.24) is 14.6 Å². The van der Waals surface area contributed by atoms with E-state index in [0.29, 0.717) is 5.65 Å². The van der Waals surface area contributed by atoms with Crippen LogP contribution < -0.4 is 4.90 Å². The maximum atomic E-state index is 11.2. The number of anilines is 1. The van der Waals surface area contributed by atoms with Crippen molar-refractivity contribution in [3.63, 3.8) is 0 Å². The third kappa shape index (κ3) is 2.42. The Kier molecular flexibility index (Phi) is 3.22. The van der Waals surface area contributed by atoms with Gasteiger partial charge in [0.25, 0.3) is 0 Å². The number of aromatic nitrogens is 3. The topological polar surface area (TPSA) is 70.7 Å². The Labute approximate surface area is 133 Å². The highest BCUT2D eigenvalue weighted by Crippen LogP contribution is 2.27. The summed E-state index contributed by atoms with van der Waals surface area (Å²) in [5, 5.41) is 13.4. The minimum absolute atomic E-state index is 0.00764. The molecular formula is C17H16N4O2. The summed E-state index contributed by atoms with van der Waals surface area (Å²) in [7, 11) is 0. The van der Waals surface area contributed by atoms with E-state index in [0.717, 1.165) is 43.0 Å². The van der Waals surface area contributed by atoms with Crippen molar-refractivity contribution in [3.05, 3.63) is 48.2 Å². The lowest BCUT2D eigenvalue weighted by Gasteiger charge is -2.18. The van der Waals surface area contributed by atoms with Crippen LogP contribution in [0.25, 0.3) is 16.9 Å². The monoisotopic (exact) mass is 308 g/mol. The Morgan fingerprint density at radius 2 is 1.83 bits per heavy atom. The van der Waals surface area contributed by atoms with Gasteiger partial charge in [0.05, 0.1) is 5.69 Å². The molecule has 23 heavy (non-hydrogen) atoms. The summed E-state index contributed by atoms with van der Waals surface area (Å²) in [5.74, 6) is -0.164. The van der Waals surface area contributed by atoms with Crippen molar-refractivity contribution in [3.8, 4) is 11.3 Å². The average molecular weight is 308 g/mol. The van der Waals surface area contributed by atoms with E-state index < -0.39 is 5.97 Å². The Morgan fingerprint density at radius 1 is 1.09 bits per heavy atom. The van der Waals surface area contributed by atoms with Gasteiger partial charge in [0.2, 0.25) is 0 Å². The van der Waals surface area contributed by atoms with Crippen LogP contribution in [0.5, 0.6) is 0 Å². The summed E-state index contributed by atoms with van der Waals surface area (Å²) in [6.45, 7) is 1.97. The van der Waals surface area contributed by atoms with Gasteiger partial charge >= 0.3 is 5.97 Å². The molecule has 1 N–H and O–H groups in total. The summed E-state index contributed by atoms with van der Waals surface area (Å²) < 4.78 is 1.61. The fourth-order valence-electron chi connectivity index (χ4n) is 2.99. The predicted molar refractivity (Wildman–Crippen MR) is 86.8 cm³/mol. The van der Waals surface area contributed by atoms with Crippen LogP contribution in [0.4, 0.5) is 5.82 Å². The van der Waals surface area contributed by atoms with Gasteiger partial charge in [0, 0.05) is 30.8 Å². The molecule has 0 radical (unpaired) electrons. The van der Waals surface area contributed by atoms with Crippen molar-refractivity contribution >= 4 is 17.4 Å². The molecule has 0 saturated carbocycles. The molecule has 6 nitrogen and oxygen atoms in total. The number of fused-ring (bicyclic) bond motifs is 1. The quantitative estimate of drug-likeness (QED) is 0.805. The Bertz CT molecular complexity index is 867. The van der Waals surface area contributed by atoms with Gasteiger partial charge in [-0.1, -0.05) is 30.3 Å². The van der Waals surface area contributed by atoms with E-state index >= 15 is 0 Å². The number of carboxylic acids is 1. The number of hydrogen-bond donors (Lipinski definition) is 1. The van der Waals surface area contributed by atoms with Crippen molar-refractivity contribution in [2.45, 2.75) is 12.8 Å². The van der Waals surface area contributed by atoms with Crippen LogP contribution >= 0.6 is 0 Å². The molecule has 0 unspecified atom stereocenters. The van der Waals surface area contributed by atoms with Crippen LogP contribution in [0.15, 0.2) is 42.5 Å². The van der Waals surface area contributed by atoms with E-state index in [2.05, 4.69) is 15.0 Å². The van der Waals surface area contributed by atoms with Crippen LogP contribution in [0.1, 0.15) is 23.3 Å². The molecule has 4 rings (SSSR count). The number of rotatable bonds is 3. The third-order valence-corrected chi connectivity index (χ3v) is 4.13. The van der Waals surface area contributed by atoms with Crippen molar-refractivity contribution in [2.24, 2.45) is 0 Å². The standard InChI is InChI=1S/C17H16N4O2/c22-17(23)13-10-16-18-15(20-8-4-5-9-20)11-14(21(16)19-13)12-6-2-1-3-7-12/h1-3,6-7,10-11H,4-5,8-9H2,(H,22,23). The first kappa shape index (κ1) is 13.8. The van der Waals surface area contributed by atoms with Gasteiger partial charge in [-0.15, -0.1) is 0 Å². The van der Waals surface area contributed by atoms with E-state index in [-0.39, 0.29) is 5.69 Å². The summed E-state index contributed by atoms with van der Waals surface area (Å²) in [6.07, 6.45) is 2.32. The van der Waals surface area contributed by atoms with Crippen molar-refractivity contribution in [1.29, 1.82) is 0 Å². The molecule has 0 aliphatic carbocycles. The average Bonchev–Trinajstić information content (AvgIpc) is 3.24. The summed E-state index contributed by atoms with van der Waals surface area (Å²) >= 11 is 0. The first-order valence-electron chi connectivity index (χ1n) is 7.67. The number of aromatic carboxylic acids is 1. The first-order chi connectivity index (χ1) is 11.2. The summed E-state index contributed by atoms with van der Waals surface area (Å²) in [4.78, 5) is 18.1. The van der Waals surface area contributed by atoms with Gasteiger partial charge in [0.1, 0.15) is 5.82 Å². The van der Waals surface area contributed by atoms with Crippen LogP contribution in [0, 0.1) is 0 Å². The molecule has 2 aromatic heterocycles. The highest BCUT2D eigenvalue weighted by molar-refractivity contribution is 5.87. The molecule has 1 aliphatic rings. The summed E-state index contributed by atoms with van der Waals surface area (Å²) in [6, 6.07) is 13.4. The molecule has 0 bridgehead atoms. The molecule has 0 amide bonds. The van der Waals surface area contributed by atoms with Gasteiger partial charge in [-0.25, -0.2) is 14.3 Å². The zero-order valence-corrected chi connectivity index (χ0v) is 12.5. The summed E-state index contributed by atoms with van der Waals surface area (Å²) in [5.41, 5.74) is 2.41. The highest BCUT2D eigenvalue weighted by atomic mass is 16.4. The highest BCUT2D eigenvalue weighted by Gasteiger charge is 2.19. The van der Waals surface area contributed by atoms with E-state index in [1.54, 1.807) is 4.52 Å². The van der Waals surface area contributed by atoms with E-state index in [9.17, 15) is 9.90 Å². The molecule has 0 spiro atoms. The molecule has 1 saturated heterocycles. The second kappa shape index (κ2) is 5.39. The Hall–Kier alpha value is -2.89. The maximum absolute atomic E-state index is 11.2. The molecular weight excluding hydrogens is 292 g/mol. The van der Waals surface area contributed by atoms with Crippen LogP contribution in [-0.2, 0) is 0 Å². The molecule has 1 fully saturated rings. The molecule has 116 valence electrons. The maximum Gasteiger partial charge on any atom is 0.356 e. The second-order valence-corrected chi connectivity index (χ2v) is 5.66. The van der Waals surface area contributed by atoms with E-state index in [1.165, 1.54) is 6.07 Å². The minimum atomic E-state index is -1.04. The Morgan fingerprint density at radius 3 is 2.52 bits per heavy atom. The largest absolute Gasteiger partial charge is 0.476 e. The molecule has 6 heteroatoms. The zero-order chi connectivity index (χ0) is 15.8. The number of benzene rings is 1. The SMILES string of the molecule is O=C(O)c1cc2nc(N3CCCC3)cc(-c3ccccc3)n2n1. The van der Waals surface area contributed by atoms with Gasteiger partial charge in [-0.3, -0.25) is 0 Å². The van der Waals surface area contributed by atoms with Crippen LogP contribution in [-0.4, -0.2) is 38.8 Å². The molecule has 1 aliphatic heterocycles. The van der Waals surface area contributed by atoms with Gasteiger partial charge < -0.3 is 10.0 Å². The van der Waals surface area contributed by atoms with Crippen LogP contribution in [0.3, 0.4) is 0 Å². The number of carbonyl (C=O) groups is 1. The fraction of sp³-hybridized carbons (Fsp3) is 0.235. The normalized spacial score (nSPS) is 14.5. The zero-order valence-electron chi connectivity index (χ0n) is 12.5. The fourth-order valence-corrected chi connectivity index (χ4v) is 2.99. The van der Waals surface area contributed by atoms with E-state index in [1.807, 2.05) is 36.4 Å². The van der Waals surface area contributed by atoms with Crippen LogP contribution in [0.2, 0.25) is 0 Å². The van der Waals surface area contributed by atoms with E-state index in [4.69, 9.17) is 0 Å². The smallest absolute Gasteiger partial charge is 0.356 e. The lowest BCUT2D eigenvalue weighted by atomic mass is 10.1. The molecule has 1 aromatic carbocycles. The second-order valence-electron chi connectivity index (χ2n) is 5.66. The molecule has 3 heterocycles. The van der Waals surface area contributed by atoms with Gasteiger partial charge in [0.15, 0.2) is 11.3 Å². The van der Waals surface area contributed by atoms with Crippen molar-refractivity contribution < 1.29 is 9.90 Å². The van der Waals surface area contributed by atoms with Crippen molar-refractivity contribution in [2.75, 3.05) is 18.0 Å². The molecule has 0 atom stereocenters. The minimum Gasteiger partial charge on any atom is -0.476 e. The number of nitrogens with zero attached hydrogens (tertiary/aromatic N) is 4. The third-order valence-electron chi connectivity index (χ3n) is 4.13. The number of hydrogen-bond acceptors (Lipinski definition) is 4. The lowest BCUT2D eigenvalue weighted by Crippen LogP contribution is -2.19. The predicted octanol–water partition coefficient (Wildman–Crippen LogP) is 2.69. The first-order valence-corrected chi connectivity index (χ1v) is 7.67. The Balaban J connectivity index is 1.94. The van der Waals surface area contributed by atoms with Gasteiger partial charge in [-0.05, 0) is 12.8 Å².